The van der Waals surface area contributed by atoms with Crippen LogP contribution >= 0.6 is 43.2 Å². The third kappa shape index (κ3) is 3.74. The molecule has 7 heteroatoms. The second-order valence-electron chi connectivity index (χ2n) is 3.79. The van der Waals surface area contributed by atoms with Crippen molar-refractivity contribution >= 4 is 55.3 Å². The van der Waals surface area contributed by atoms with Crippen molar-refractivity contribution in [1.29, 1.82) is 0 Å². The summed E-state index contributed by atoms with van der Waals surface area (Å²) in [6.07, 6.45) is 0.518. The smallest absolute Gasteiger partial charge is 0.202 e. The van der Waals surface area contributed by atoms with E-state index in [2.05, 4.69) is 31.9 Å². The van der Waals surface area contributed by atoms with E-state index in [4.69, 9.17) is 4.74 Å². The van der Waals surface area contributed by atoms with Gasteiger partial charge in [0.1, 0.15) is 17.9 Å². The molecular weight excluding hydrogens is 415 g/mol. The number of halogens is 3. The molecule has 20 heavy (non-hydrogen) atoms. The lowest BCUT2D eigenvalue weighted by Crippen LogP contribution is -2.11. The fourth-order valence-corrected chi connectivity index (χ4v) is 4.35. The Hall–Kier alpha value is -1.05. The molecule has 0 amide bonds. The van der Waals surface area contributed by atoms with E-state index in [0.29, 0.717) is 15.6 Å². The number of thiophene rings is 1. The molecule has 0 fully saturated rings. The summed E-state index contributed by atoms with van der Waals surface area (Å²) in [5, 5.41) is 0. The number of Topliss-reactive ketones (excluding diaryl/α,β-unsaturated/α-hetero) is 1. The predicted molar refractivity (Wildman–Crippen MR) is 81.3 cm³/mol. The van der Waals surface area contributed by atoms with E-state index in [1.165, 1.54) is 17.4 Å². The van der Waals surface area contributed by atoms with Gasteiger partial charge in [-0.1, -0.05) is 0 Å². The summed E-state index contributed by atoms with van der Waals surface area (Å²) in [5.74, 6) is -0.682. The van der Waals surface area contributed by atoms with Crippen LogP contribution < -0.4 is 4.74 Å². The molecule has 1 aromatic carbocycles. The highest BCUT2D eigenvalue weighted by atomic mass is 79.9. The van der Waals surface area contributed by atoms with Gasteiger partial charge in [-0.3, -0.25) is 9.59 Å². The van der Waals surface area contributed by atoms with Crippen molar-refractivity contribution in [1.82, 2.24) is 0 Å². The molecule has 2 aromatic rings. The first-order valence-electron chi connectivity index (χ1n) is 5.36. The number of ketones is 1. The van der Waals surface area contributed by atoms with Crippen LogP contribution in [0, 0.1) is 5.82 Å². The standard InChI is InChI=1S/C13H7Br2FO3S/c14-12-4-10(13(15)20-12)11(18)6-19-9-2-7(5-17)1-8(16)3-9/h1-5H,6H2. The maximum Gasteiger partial charge on any atom is 0.202 e. The largest absolute Gasteiger partial charge is 0.485 e. The summed E-state index contributed by atoms with van der Waals surface area (Å²) in [7, 11) is 0. The maximum atomic E-state index is 13.2. The molecule has 0 aliphatic carbocycles. The van der Waals surface area contributed by atoms with Crippen LogP contribution in [0.5, 0.6) is 5.75 Å². The van der Waals surface area contributed by atoms with Crippen LogP contribution in [-0.2, 0) is 0 Å². The number of rotatable bonds is 5. The number of benzene rings is 1. The number of carbonyl (C=O) groups excluding carboxylic acids is 2. The fraction of sp³-hybridized carbons (Fsp3) is 0.0769. The zero-order valence-electron chi connectivity index (χ0n) is 9.86. The Bertz CT molecular complexity index is 670. The van der Waals surface area contributed by atoms with Crippen molar-refractivity contribution in [3.05, 3.63) is 48.8 Å². The minimum absolute atomic E-state index is 0.144. The zero-order chi connectivity index (χ0) is 14.7. The van der Waals surface area contributed by atoms with Crippen molar-refractivity contribution < 1.29 is 18.7 Å². The number of carbonyl (C=O) groups is 2. The van der Waals surface area contributed by atoms with Crippen LogP contribution in [0.3, 0.4) is 0 Å². The Balaban J connectivity index is 2.09. The number of hydrogen-bond donors (Lipinski definition) is 0. The summed E-state index contributed by atoms with van der Waals surface area (Å²) in [6.45, 7) is -0.233. The van der Waals surface area contributed by atoms with Crippen LogP contribution in [0.25, 0.3) is 0 Å². The maximum absolute atomic E-state index is 13.2. The monoisotopic (exact) mass is 420 g/mol. The molecule has 0 N–H and O–H groups in total. The summed E-state index contributed by atoms with van der Waals surface area (Å²) >= 11 is 7.95. The molecule has 0 saturated carbocycles. The van der Waals surface area contributed by atoms with Gasteiger partial charge < -0.3 is 4.74 Å². The lowest BCUT2D eigenvalue weighted by molar-refractivity contribution is 0.0921. The molecular formula is C13H7Br2FO3S. The molecule has 0 bridgehead atoms. The van der Waals surface area contributed by atoms with Gasteiger partial charge in [0.25, 0.3) is 0 Å². The molecule has 0 radical (unpaired) electrons. The van der Waals surface area contributed by atoms with Crippen LogP contribution in [0.1, 0.15) is 20.7 Å². The van der Waals surface area contributed by atoms with E-state index in [-0.39, 0.29) is 23.7 Å². The average molecular weight is 422 g/mol. The van der Waals surface area contributed by atoms with Gasteiger partial charge in [-0.05, 0) is 50.1 Å². The van der Waals surface area contributed by atoms with Gasteiger partial charge in [-0.2, -0.15) is 0 Å². The van der Waals surface area contributed by atoms with Gasteiger partial charge >= 0.3 is 0 Å². The van der Waals surface area contributed by atoms with E-state index in [9.17, 15) is 14.0 Å². The molecule has 3 nitrogen and oxygen atoms in total. The highest BCUT2D eigenvalue weighted by Crippen LogP contribution is 2.32. The molecule has 2 rings (SSSR count). The molecule has 0 spiro atoms. The van der Waals surface area contributed by atoms with Crippen molar-refractivity contribution in [2.45, 2.75) is 0 Å². The second kappa shape index (κ2) is 6.60. The van der Waals surface area contributed by atoms with Gasteiger partial charge in [-0.25, -0.2) is 4.39 Å². The topological polar surface area (TPSA) is 43.4 Å². The Morgan fingerprint density at radius 2 is 2.05 bits per heavy atom. The third-order valence-electron chi connectivity index (χ3n) is 2.36. The summed E-state index contributed by atoms with van der Waals surface area (Å²) in [6, 6.07) is 5.28. The van der Waals surface area contributed by atoms with E-state index >= 15 is 0 Å². The first-order chi connectivity index (χ1) is 9.49. The molecule has 0 atom stereocenters. The lowest BCUT2D eigenvalue weighted by atomic mass is 10.2. The highest BCUT2D eigenvalue weighted by molar-refractivity contribution is 9.12. The van der Waals surface area contributed by atoms with E-state index < -0.39 is 5.82 Å². The minimum atomic E-state index is -0.587. The Morgan fingerprint density at radius 1 is 1.30 bits per heavy atom. The molecule has 104 valence electrons. The van der Waals surface area contributed by atoms with E-state index in [0.717, 1.165) is 15.9 Å². The number of hydrogen-bond acceptors (Lipinski definition) is 4. The van der Waals surface area contributed by atoms with Gasteiger partial charge in [0.2, 0.25) is 5.78 Å². The number of ether oxygens (including phenoxy) is 1. The fourth-order valence-electron chi connectivity index (χ4n) is 1.49. The molecule has 0 aliphatic heterocycles. The SMILES string of the molecule is O=Cc1cc(F)cc(OCC(=O)c2cc(Br)sc2Br)c1. The van der Waals surface area contributed by atoms with Crippen molar-refractivity contribution in [3.63, 3.8) is 0 Å². The molecule has 1 heterocycles. The Morgan fingerprint density at radius 3 is 2.65 bits per heavy atom. The Labute approximate surface area is 135 Å². The third-order valence-corrected chi connectivity index (χ3v) is 4.70. The zero-order valence-corrected chi connectivity index (χ0v) is 13.8. The van der Waals surface area contributed by atoms with Gasteiger partial charge in [0.05, 0.1) is 7.57 Å². The minimum Gasteiger partial charge on any atom is -0.485 e. The van der Waals surface area contributed by atoms with E-state index in [1.807, 2.05) is 0 Å². The first-order valence-corrected chi connectivity index (χ1v) is 7.76. The van der Waals surface area contributed by atoms with Crippen LogP contribution in [0.2, 0.25) is 0 Å². The molecule has 0 unspecified atom stereocenters. The van der Waals surface area contributed by atoms with Crippen molar-refractivity contribution in [2.24, 2.45) is 0 Å². The van der Waals surface area contributed by atoms with E-state index in [1.54, 1.807) is 6.07 Å². The molecule has 0 aliphatic rings. The average Bonchev–Trinajstić information content (AvgIpc) is 2.74. The van der Waals surface area contributed by atoms with Crippen LogP contribution in [-0.4, -0.2) is 18.7 Å². The quantitative estimate of drug-likeness (QED) is 0.527. The molecule has 1 aromatic heterocycles. The number of aldehydes is 1. The van der Waals surface area contributed by atoms with Gasteiger partial charge in [0, 0.05) is 17.2 Å². The Kier molecular flexibility index (Phi) is 5.06. The van der Waals surface area contributed by atoms with Crippen molar-refractivity contribution in [2.75, 3.05) is 6.61 Å². The van der Waals surface area contributed by atoms with Crippen molar-refractivity contribution in [3.8, 4) is 5.75 Å². The molecule has 0 saturated heterocycles. The summed E-state index contributed by atoms with van der Waals surface area (Å²) in [5.41, 5.74) is 0.654. The highest BCUT2D eigenvalue weighted by Gasteiger charge is 2.14. The van der Waals surface area contributed by atoms with Gasteiger partial charge in [0.15, 0.2) is 6.61 Å². The summed E-state index contributed by atoms with van der Waals surface area (Å²) < 4.78 is 19.9. The second-order valence-corrected chi connectivity index (χ2v) is 7.54. The predicted octanol–water partition coefficient (Wildman–Crippen LogP) is 4.49. The normalized spacial score (nSPS) is 10.3. The first kappa shape index (κ1) is 15.3. The van der Waals surface area contributed by atoms with Gasteiger partial charge in [-0.15, -0.1) is 11.3 Å². The van der Waals surface area contributed by atoms with Crippen LogP contribution in [0.4, 0.5) is 4.39 Å². The lowest BCUT2D eigenvalue weighted by Gasteiger charge is -2.06. The van der Waals surface area contributed by atoms with Crippen LogP contribution in [0.15, 0.2) is 31.8 Å². The summed E-state index contributed by atoms with van der Waals surface area (Å²) in [4.78, 5) is 22.6.